The van der Waals surface area contributed by atoms with Gasteiger partial charge in [-0.05, 0) is 38.5 Å². The molecular weight excluding hydrogens is 198 g/mol. The van der Waals surface area contributed by atoms with Gasteiger partial charge in [0, 0.05) is 17.1 Å². The lowest BCUT2D eigenvalue weighted by molar-refractivity contribution is 0.419. The first-order valence-electron chi connectivity index (χ1n) is 4.79. The molecule has 84 valence electrons. The minimum atomic E-state index is -0.583. The van der Waals surface area contributed by atoms with Crippen LogP contribution in [-0.2, 0) is 0 Å². The standard InChI is InChI=1S/C11H16F2N2/c1-11(2,15)6-10(14)8-5-7(12)3-4-9(8)13/h3-5,10H,6,14-15H2,1-2H3. The highest BCUT2D eigenvalue weighted by molar-refractivity contribution is 5.22. The highest BCUT2D eigenvalue weighted by Crippen LogP contribution is 2.23. The van der Waals surface area contributed by atoms with Gasteiger partial charge in [0.15, 0.2) is 0 Å². The van der Waals surface area contributed by atoms with Crippen LogP contribution in [0.1, 0.15) is 31.9 Å². The van der Waals surface area contributed by atoms with Crippen LogP contribution in [0.3, 0.4) is 0 Å². The van der Waals surface area contributed by atoms with Gasteiger partial charge in [0.1, 0.15) is 11.6 Å². The third kappa shape index (κ3) is 3.57. The van der Waals surface area contributed by atoms with E-state index in [1.807, 2.05) is 0 Å². The molecule has 0 fully saturated rings. The molecule has 1 rings (SSSR count). The molecule has 0 bridgehead atoms. The summed E-state index contributed by atoms with van der Waals surface area (Å²) in [5, 5.41) is 0. The van der Waals surface area contributed by atoms with Crippen LogP contribution in [0.15, 0.2) is 18.2 Å². The first-order chi connectivity index (χ1) is 6.79. The van der Waals surface area contributed by atoms with Crippen molar-refractivity contribution in [3.8, 4) is 0 Å². The number of rotatable bonds is 3. The van der Waals surface area contributed by atoms with Gasteiger partial charge in [0.25, 0.3) is 0 Å². The second kappa shape index (κ2) is 4.24. The molecule has 15 heavy (non-hydrogen) atoms. The first-order valence-corrected chi connectivity index (χ1v) is 4.79. The number of halogens is 2. The number of nitrogens with two attached hydrogens (primary N) is 2. The van der Waals surface area contributed by atoms with Crippen LogP contribution in [-0.4, -0.2) is 5.54 Å². The Morgan fingerprint density at radius 3 is 2.47 bits per heavy atom. The maximum absolute atomic E-state index is 13.3. The molecule has 1 unspecified atom stereocenters. The van der Waals surface area contributed by atoms with Crippen LogP contribution in [0.4, 0.5) is 8.78 Å². The molecule has 0 saturated carbocycles. The summed E-state index contributed by atoms with van der Waals surface area (Å²) in [5.41, 5.74) is 11.2. The summed E-state index contributed by atoms with van der Waals surface area (Å²) >= 11 is 0. The fourth-order valence-corrected chi connectivity index (χ4v) is 1.48. The summed E-state index contributed by atoms with van der Waals surface area (Å²) in [7, 11) is 0. The molecule has 1 atom stereocenters. The lowest BCUT2D eigenvalue weighted by atomic mass is 9.92. The van der Waals surface area contributed by atoms with Crippen molar-refractivity contribution in [3.63, 3.8) is 0 Å². The largest absolute Gasteiger partial charge is 0.325 e. The Bertz CT molecular complexity index is 345. The van der Waals surface area contributed by atoms with Crippen molar-refractivity contribution in [2.45, 2.75) is 31.8 Å². The second-order valence-electron chi connectivity index (χ2n) is 4.47. The smallest absolute Gasteiger partial charge is 0.128 e. The zero-order valence-corrected chi connectivity index (χ0v) is 8.93. The second-order valence-corrected chi connectivity index (χ2v) is 4.47. The van der Waals surface area contributed by atoms with Gasteiger partial charge in [0.05, 0.1) is 0 Å². The highest BCUT2D eigenvalue weighted by Gasteiger charge is 2.20. The van der Waals surface area contributed by atoms with Crippen LogP contribution < -0.4 is 11.5 Å². The maximum Gasteiger partial charge on any atom is 0.128 e. The summed E-state index contributed by atoms with van der Waals surface area (Å²) < 4.78 is 26.2. The van der Waals surface area contributed by atoms with E-state index in [4.69, 9.17) is 11.5 Å². The summed E-state index contributed by atoms with van der Waals surface area (Å²) in [4.78, 5) is 0. The Hall–Kier alpha value is -1.00. The molecule has 4 heteroatoms. The van der Waals surface area contributed by atoms with Crippen molar-refractivity contribution in [2.75, 3.05) is 0 Å². The molecule has 1 aromatic carbocycles. The molecule has 0 radical (unpaired) electrons. The van der Waals surface area contributed by atoms with Crippen LogP contribution in [0.25, 0.3) is 0 Å². The number of benzene rings is 1. The van der Waals surface area contributed by atoms with E-state index in [0.717, 1.165) is 18.2 Å². The fourth-order valence-electron chi connectivity index (χ4n) is 1.48. The van der Waals surface area contributed by atoms with Gasteiger partial charge in [0.2, 0.25) is 0 Å². The van der Waals surface area contributed by atoms with E-state index in [1.54, 1.807) is 13.8 Å². The Kier molecular flexibility index (Phi) is 3.42. The molecule has 0 aliphatic rings. The van der Waals surface area contributed by atoms with Crippen molar-refractivity contribution < 1.29 is 8.78 Å². The minimum Gasteiger partial charge on any atom is -0.325 e. The van der Waals surface area contributed by atoms with Crippen LogP contribution in [0.2, 0.25) is 0 Å². The maximum atomic E-state index is 13.3. The van der Waals surface area contributed by atoms with Crippen molar-refractivity contribution >= 4 is 0 Å². The monoisotopic (exact) mass is 214 g/mol. The van der Waals surface area contributed by atoms with Gasteiger partial charge in [-0.25, -0.2) is 8.78 Å². The predicted octanol–water partition coefficient (Wildman–Crippen LogP) is 2.09. The van der Waals surface area contributed by atoms with Gasteiger partial charge in [-0.2, -0.15) is 0 Å². The lowest BCUT2D eigenvalue weighted by Gasteiger charge is -2.23. The SMILES string of the molecule is CC(C)(N)CC(N)c1cc(F)ccc1F. The van der Waals surface area contributed by atoms with Crippen molar-refractivity contribution in [3.05, 3.63) is 35.4 Å². The Labute approximate surface area is 88.3 Å². The fraction of sp³-hybridized carbons (Fsp3) is 0.455. The molecule has 0 saturated heterocycles. The summed E-state index contributed by atoms with van der Waals surface area (Å²) in [6.45, 7) is 3.59. The molecule has 0 aliphatic heterocycles. The highest BCUT2D eigenvalue weighted by atomic mass is 19.1. The lowest BCUT2D eigenvalue weighted by Crippen LogP contribution is -2.36. The molecule has 0 heterocycles. The molecule has 0 spiro atoms. The third-order valence-corrected chi connectivity index (χ3v) is 2.10. The summed E-state index contributed by atoms with van der Waals surface area (Å²) in [5.74, 6) is -0.982. The quantitative estimate of drug-likeness (QED) is 0.809. The summed E-state index contributed by atoms with van der Waals surface area (Å²) in [6.07, 6.45) is 0.396. The molecule has 1 aromatic rings. The van der Waals surface area contributed by atoms with E-state index in [9.17, 15) is 8.78 Å². The van der Waals surface area contributed by atoms with E-state index in [-0.39, 0.29) is 5.56 Å². The van der Waals surface area contributed by atoms with E-state index < -0.39 is 23.2 Å². The average molecular weight is 214 g/mol. The molecule has 0 aliphatic carbocycles. The predicted molar refractivity (Wildman–Crippen MR) is 56.2 cm³/mol. The van der Waals surface area contributed by atoms with Gasteiger partial charge < -0.3 is 11.5 Å². The first kappa shape index (κ1) is 12.1. The van der Waals surface area contributed by atoms with Crippen LogP contribution in [0, 0.1) is 11.6 Å². The third-order valence-electron chi connectivity index (χ3n) is 2.10. The Morgan fingerprint density at radius 2 is 1.93 bits per heavy atom. The minimum absolute atomic E-state index is 0.175. The van der Waals surface area contributed by atoms with Gasteiger partial charge in [-0.3, -0.25) is 0 Å². The van der Waals surface area contributed by atoms with Gasteiger partial charge in [-0.15, -0.1) is 0 Å². The molecule has 2 nitrogen and oxygen atoms in total. The van der Waals surface area contributed by atoms with Gasteiger partial charge >= 0.3 is 0 Å². The molecule has 4 N–H and O–H groups in total. The van der Waals surface area contributed by atoms with E-state index in [2.05, 4.69) is 0 Å². The number of hydrogen-bond donors (Lipinski definition) is 2. The van der Waals surface area contributed by atoms with E-state index in [1.165, 1.54) is 0 Å². The van der Waals surface area contributed by atoms with Crippen LogP contribution in [0.5, 0.6) is 0 Å². The average Bonchev–Trinajstić information content (AvgIpc) is 2.06. The van der Waals surface area contributed by atoms with E-state index >= 15 is 0 Å². The van der Waals surface area contributed by atoms with Crippen LogP contribution >= 0.6 is 0 Å². The zero-order valence-electron chi connectivity index (χ0n) is 8.93. The van der Waals surface area contributed by atoms with Crippen molar-refractivity contribution in [1.82, 2.24) is 0 Å². The Morgan fingerprint density at radius 1 is 1.33 bits per heavy atom. The van der Waals surface area contributed by atoms with Gasteiger partial charge in [-0.1, -0.05) is 0 Å². The number of hydrogen-bond acceptors (Lipinski definition) is 2. The molecule has 0 aromatic heterocycles. The normalized spacial score (nSPS) is 14.0. The molecular formula is C11H16F2N2. The van der Waals surface area contributed by atoms with E-state index in [0.29, 0.717) is 6.42 Å². The topological polar surface area (TPSA) is 52.0 Å². The zero-order chi connectivity index (χ0) is 11.6. The molecule has 0 amide bonds. The van der Waals surface area contributed by atoms with Crippen molar-refractivity contribution in [1.29, 1.82) is 0 Å². The summed E-state index contributed by atoms with van der Waals surface area (Å²) in [6, 6.07) is 2.68. The van der Waals surface area contributed by atoms with Crippen molar-refractivity contribution in [2.24, 2.45) is 11.5 Å². The Balaban J connectivity index is 2.90.